The fraction of sp³-hybridized carbons (Fsp3) is 0.606. The Labute approximate surface area is 249 Å². The molecule has 0 radical (unpaired) electrons. The summed E-state index contributed by atoms with van der Waals surface area (Å²) in [5, 5.41) is 0.786. The lowest BCUT2D eigenvalue weighted by Gasteiger charge is -2.32. The van der Waals surface area contributed by atoms with Crippen LogP contribution in [0.15, 0.2) is 47.4 Å². The summed E-state index contributed by atoms with van der Waals surface area (Å²) in [5.41, 5.74) is 3.21. The van der Waals surface area contributed by atoms with E-state index >= 15 is 0 Å². The number of unbranched alkanes of at least 4 members (excludes halogenated alkanes) is 3. The second kappa shape index (κ2) is 14.8. The van der Waals surface area contributed by atoms with Crippen molar-refractivity contribution in [2.45, 2.75) is 100 Å². The molecule has 224 valence electrons. The Balaban J connectivity index is 0.888. The first-order valence-electron chi connectivity index (χ1n) is 15.3. The van der Waals surface area contributed by atoms with Crippen molar-refractivity contribution in [1.82, 2.24) is 4.90 Å². The van der Waals surface area contributed by atoms with Crippen LogP contribution in [-0.4, -0.2) is 54.9 Å². The number of rotatable bonds is 15. The SMILES string of the molecule is CC1(C)OCc2cc(C3CN(CCCCCCOCCOCc4cccc(SC5CCCC5)c4)C(=O)O3)ccc2O1. The predicted molar refractivity (Wildman–Crippen MR) is 160 cm³/mol. The van der Waals surface area contributed by atoms with Gasteiger partial charge in [-0.2, -0.15) is 0 Å². The monoisotopic (exact) mass is 583 g/mol. The van der Waals surface area contributed by atoms with Gasteiger partial charge in [-0.25, -0.2) is 4.79 Å². The van der Waals surface area contributed by atoms with Crippen molar-refractivity contribution in [3.63, 3.8) is 0 Å². The number of nitrogens with zero attached hydrogens (tertiary/aromatic N) is 1. The zero-order chi connectivity index (χ0) is 28.5. The number of hydrogen-bond donors (Lipinski definition) is 0. The van der Waals surface area contributed by atoms with E-state index in [9.17, 15) is 4.79 Å². The van der Waals surface area contributed by atoms with Crippen molar-refractivity contribution < 1.29 is 28.5 Å². The molecule has 2 aliphatic heterocycles. The lowest BCUT2D eigenvalue weighted by molar-refractivity contribution is -0.180. The largest absolute Gasteiger partial charge is 0.463 e. The van der Waals surface area contributed by atoms with E-state index in [4.69, 9.17) is 23.7 Å². The molecule has 5 rings (SSSR count). The number of carbonyl (C=O) groups is 1. The van der Waals surface area contributed by atoms with Crippen molar-refractivity contribution in [3.8, 4) is 5.75 Å². The molecule has 1 unspecified atom stereocenters. The molecule has 1 saturated carbocycles. The topological polar surface area (TPSA) is 66.5 Å². The first kappa shape index (κ1) is 30.2. The van der Waals surface area contributed by atoms with E-state index in [1.807, 2.05) is 48.7 Å². The van der Waals surface area contributed by atoms with Gasteiger partial charge < -0.3 is 28.6 Å². The van der Waals surface area contributed by atoms with E-state index < -0.39 is 5.79 Å². The Kier molecular flexibility index (Phi) is 10.9. The van der Waals surface area contributed by atoms with Crippen molar-refractivity contribution in [2.24, 2.45) is 0 Å². The van der Waals surface area contributed by atoms with Crippen LogP contribution >= 0.6 is 11.8 Å². The summed E-state index contributed by atoms with van der Waals surface area (Å²) in [6.07, 6.45) is 9.08. The third kappa shape index (κ3) is 9.11. The molecule has 2 heterocycles. The molecule has 7 nitrogen and oxygen atoms in total. The van der Waals surface area contributed by atoms with Gasteiger partial charge in [-0.1, -0.05) is 43.9 Å². The molecule has 2 aromatic rings. The third-order valence-electron chi connectivity index (χ3n) is 7.89. The number of carbonyl (C=O) groups excluding carboxylic acids is 1. The quantitative estimate of drug-likeness (QED) is 0.200. The molecule has 0 spiro atoms. The molecule has 2 fully saturated rings. The molecule has 0 aromatic heterocycles. The number of fused-ring (bicyclic) bond motifs is 1. The first-order valence-corrected chi connectivity index (χ1v) is 16.2. The van der Waals surface area contributed by atoms with Crippen molar-refractivity contribution >= 4 is 17.9 Å². The highest BCUT2D eigenvalue weighted by Crippen LogP contribution is 2.36. The lowest BCUT2D eigenvalue weighted by Crippen LogP contribution is -2.35. The molecule has 41 heavy (non-hydrogen) atoms. The maximum atomic E-state index is 12.4. The van der Waals surface area contributed by atoms with E-state index in [0.29, 0.717) is 33.0 Å². The fourth-order valence-corrected chi connectivity index (χ4v) is 6.93. The minimum absolute atomic E-state index is 0.232. The van der Waals surface area contributed by atoms with E-state index in [1.54, 1.807) is 0 Å². The Morgan fingerprint density at radius 3 is 2.68 bits per heavy atom. The second-order valence-electron chi connectivity index (χ2n) is 11.7. The van der Waals surface area contributed by atoms with Gasteiger partial charge in [0.1, 0.15) is 11.9 Å². The maximum Gasteiger partial charge on any atom is 0.410 e. The molecule has 3 aliphatic rings. The van der Waals surface area contributed by atoms with Crippen LogP contribution in [-0.2, 0) is 32.2 Å². The van der Waals surface area contributed by atoms with Gasteiger partial charge in [0.15, 0.2) is 0 Å². The van der Waals surface area contributed by atoms with Gasteiger partial charge in [-0.05, 0) is 61.1 Å². The average Bonchev–Trinajstić information content (AvgIpc) is 3.60. The highest BCUT2D eigenvalue weighted by atomic mass is 32.2. The lowest BCUT2D eigenvalue weighted by atomic mass is 10.0. The molecule has 8 heteroatoms. The summed E-state index contributed by atoms with van der Waals surface area (Å²) < 4.78 is 28.9. The molecule has 0 bridgehead atoms. The highest BCUT2D eigenvalue weighted by Gasteiger charge is 2.33. The van der Waals surface area contributed by atoms with Crippen LogP contribution in [0.1, 0.15) is 88.0 Å². The van der Waals surface area contributed by atoms with Gasteiger partial charge in [0.25, 0.3) is 0 Å². The van der Waals surface area contributed by atoms with Gasteiger partial charge in [-0.3, -0.25) is 0 Å². The molecule has 2 aromatic carbocycles. The van der Waals surface area contributed by atoms with Gasteiger partial charge in [-0.15, -0.1) is 11.8 Å². The summed E-state index contributed by atoms with van der Waals surface area (Å²) in [6, 6.07) is 14.7. The minimum atomic E-state index is -0.619. The Hall–Kier alpha value is -2.26. The average molecular weight is 584 g/mol. The third-order valence-corrected chi connectivity index (χ3v) is 9.22. The van der Waals surface area contributed by atoms with Crippen LogP contribution in [0.25, 0.3) is 0 Å². The van der Waals surface area contributed by atoms with Crippen molar-refractivity contribution in [2.75, 3.05) is 32.9 Å². The predicted octanol–water partition coefficient (Wildman–Crippen LogP) is 7.65. The van der Waals surface area contributed by atoms with Gasteiger partial charge in [0.2, 0.25) is 5.79 Å². The first-order chi connectivity index (χ1) is 19.9. The minimum Gasteiger partial charge on any atom is -0.463 e. The van der Waals surface area contributed by atoms with E-state index in [1.165, 1.54) is 36.1 Å². The van der Waals surface area contributed by atoms with Crippen LogP contribution in [0.4, 0.5) is 4.79 Å². The van der Waals surface area contributed by atoms with Gasteiger partial charge in [0, 0.05) is 42.7 Å². The summed E-state index contributed by atoms with van der Waals surface area (Å²) in [6.45, 7) is 8.21. The molecule has 0 N–H and O–H groups in total. The number of thioether (sulfide) groups is 1. The van der Waals surface area contributed by atoms with E-state index in [-0.39, 0.29) is 12.2 Å². The van der Waals surface area contributed by atoms with Crippen LogP contribution < -0.4 is 4.74 Å². The van der Waals surface area contributed by atoms with Crippen LogP contribution in [0.3, 0.4) is 0 Å². The molecular weight excluding hydrogens is 538 g/mol. The number of hydrogen-bond acceptors (Lipinski definition) is 7. The van der Waals surface area contributed by atoms with E-state index in [0.717, 1.165) is 61.0 Å². The Morgan fingerprint density at radius 2 is 1.80 bits per heavy atom. The van der Waals surface area contributed by atoms with Crippen LogP contribution in [0.2, 0.25) is 0 Å². The number of amides is 1. The zero-order valence-electron chi connectivity index (χ0n) is 24.6. The zero-order valence-corrected chi connectivity index (χ0v) is 25.4. The van der Waals surface area contributed by atoms with E-state index in [2.05, 4.69) is 24.3 Å². The smallest absolute Gasteiger partial charge is 0.410 e. The van der Waals surface area contributed by atoms with Crippen LogP contribution in [0.5, 0.6) is 5.75 Å². The molecule has 1 amide bonds. The van der Waals surface area contributed by atoms with Gasteiger partial charge >= 0.3 is 6.09 Å². The van der Waals surface area contributed by atoms with Gasteiger partial charge in [0.05, 0.1) is 33.0 Å². The normalized spacial score (nSPS) is 20.2. The second-order valence-corrected chi connectivity index (χ2v) is 13.1. The van der Waals surface area contributed by atoms with Crippen LogP contribution in [0, 0.1) is 0 Å². The number of benzene rings is 2. The maximum absolute atomic E-state index is 12.4. The highest BCUT2D eigenvalue weighted by molar-refractivity contribution is 8.00. The molecule has 1 saturated heterocycles. The Bertz CT molecular complexity index is 1130. The summed E-state index contributed by atoms with van der Waals surface area (Å²) in [4.78, 5) is 15.6. The molecular formula is C33H45NO6S. The standard InChI is InChI=1S/C33H45NO6S/c1-33(2)38-24-27-21-26(14-15-30(27)40-33)31-22-34(32(35)39-31)16-7-3-4-8-17-36-18-19-37-23-25-10-9-13-29(20-25)41-28-11-5-6-12-28/h9-10,13-15,20-21,28,31H,3-8,11-12,16-19,22-24H2,1-2H3. The fourth-order valence-electron chi connectivity index (χ4n) is 5.60. The Morgan fingerprint density at radius 1 is 0.976 bits per heavy atom. The molecule has 1 atom stereocenters. The summed E-state index contributed by atoms with van der Waals surface area (Å²) in [7, 11) is 0. The summed E-state index contributed by atoms with van der Waals surface area (Å²) in [5.74, 6) is 0.212. The van der Waals surface area contributed by atoms with Crippen molar-refractivity contribution in [3.05, 3.63) is 59.2 Å². The molecule has 1 aliphatic carbocycles. The number of cyclic esters (lactones) is 1. The van der Waals surface area contributed by atoms with Crippen molar-refractivity contribution in [1.29, 1.82) is 0 Å². The summed E-state index contributed by atoms with van der Waals surface area (Å²) >= 11 is 2.02. The number of ether oxygens (including phenoxy) is 5.